The summed E-state index contributed by atoms with van der Waals surface area (Å²) in [4.78, 5) is 0. The third-order valence-corrected chi connectivity index (χ3v) is 4.70. The van der Waals surface area contributed by atoms with Gasteiger partial charge in [-0.1, -0.05) is 26.7 Å². The number of nitrogens with one attached hydrogen (secondary N) is 1. The van der Waals surface area contributed by atoms with Crippen LogP contribution < -0.4 is 5.32 Å². The zero-order valence-corrected chi connectivity index (χ0v) is 10.8. The van der Waals surface area contributed by atoms with Crippen molar-refractivity contribution < 1.29 is 8.42 Å². The van der Waals surface area contributed by atoms with Gasteiger partial charge in [0, 0.05) is 12.3 Å². The van der Waals surface area contributed by atoms with Gasteiger partial charge in [0.2, 0.25) is 0 Å². The van der Waals surface area contributed by atoms with Gasteiger partial charge in [-0.3, -0.25) is 0 Å². The molecule has 0 aromatic rings. The van der Waals surface area contributed by atoms with Crippen molar-refractivity contribution in [2.45, 2.75) is 50.8 Å². The van der Waals surface area contributed by atoms with Gasteiger partial charge in [0.25, 0.3) is 0 Å². The molecular weight excluding hydrogens is 210 g/mol. The first-order chi connectivity index (χ1) is 6.91. The van der Waals surface area contributed by atoms with Crippen molar-refractivity contribution in [1.29, 1.82) is 0 Å². The lowest BCUT2D eigenvalue weighted by Crippen LogP contribution is -2.47. The van der Waals surface area contributed by atoms with Gasteiger partial charge >= 0.3 is 0 Å². The molecule has 0 heterocycles. The molecule has 0 radical (unpaired) electrons. The van der Waals surface area contributed by atoms with Gasteiger partial charge in [0.1, 0.15) is 0 Å². The lowest BCUT2D eigenvalue weighted by molar-refractivity contribution is 0.357. The van der Waals surface area contributed by atoms with Gasteiger partial charge < -0.3 is 5.32 Å². The first-order valence-electron chi connectivity index (χ1n) is 5.83. The fourth-order valence-corrected chi connectivity index (χ4v) is 3.65. The van der Waals surface area contributed by atoms with Crippen molar-refractivity contribution in [2.75, 3.05) is 12.8 Å². The average molecular weight is 233 g/mol. The van der Waals surface area contributed by atoms with E-state index in [1.165, 1.54) is 6.26 Å². The molecule has 0 spiro atoms. The minimum absolute atomic E-state index is 0.162. The lowest BCUT2D eigenvalue weighted by Gasteiger charge is -2.31. The van der Waals surface area contributed by atoms with E-state index >= 15 is 0 Å². The van der Waals surface area contributed by atoms with Gasteiger partial charge in [-0.05, 0) is 25.3 Å². The molecule has 1 aliphatic rings. The van der Waals surface area contributed by atoms with Crippen molar-refractivity contribution in [2.24, 2.45) is 5.92 Å². The fraction of sp³-hybridized carbons (Fsp3) is 1.00. The molecule has 1 saturated carbocycles. The highest BCUT2D eigenvalue weighted by Gasteiger charge is 2.32. The number of rotatable bonds is 4. The van der Waals surface area contributed by atoms with Crippen molar-refractivity contribution in [1.82, 2.24) is 5.32 Å². The maximum absolute atomic E-state index is 11.6. The third-order valence-electron chi connectivity index (χ3n) is 3.04. The summed E-state index contributed by atoms with van der Waals surface area (Å²) in [6.07, 6.45) is 5.41. The Balaban J connectivity index is 2.58. The van der Waals surface area contributed by atoms with Crippen LogP contribution in [0.2, 0.25) is 0 Å². The zero-order valence-electron chi connectivity index (χ0n) is 9.99. The van der Waals surface area contributed by atoms with Crippen LogP contribution in [0.3, 0.4) is 0 Å². The first-order valence-corrected chi connectivity index (χ1v) is 7.79. The zero-order chi connectivity index (χ0) is 11.5. The van der Waals surface area contributed by atoms with Crippen LogP contribution in [0.1, 0.15) is 39.5 Å². The minimum atomic E-state index is -2.89. The summed E-state index contributed by atoms with van der Waals surface area (Å²) in [6.45, 7) is 5.20. The van der Waals surface area contributed by atoms with E-state index in [0.29, 0.717) is 5.92 Å². The monoisotopic (exact) mass is 233 g/mol. The Morgan fingerprint density at radius 1 is 1.27 bits per heavy atom. The molecule has 0 aromatic carbocycles. The van der Waals surface area contributed by atoms with Gasteiger partial charge in [0.05, 0.1) is 5.25 Å². The van der Waals surface area contributed by atoms with Gasteiger partial charge in [0.15, 0.2) is 9.84 Å². The average Bonchev–Trinajstić information content (AvgIpc) is 2.13. The Hall–Kier alpha value is -0.0900. The van der Waals surface area contributed by atoms with Crippen molar-refractivity contribution >= 4 is 9.84 Å². The Kier molecular flexibility index (Phi) is 4.59. The summed E-state index contributed by atoms with van der Waals surface area (Å²) in [6, 6.07) is 0.177. The Morgan fingerprint density at radius 3 is 2.40 bits per heavy atom. The van der Waals surface area contributed by atoms with Crippen LogP contribution in [0.4, 0.5) is 0 Å². The second-order valence-corrected chi connectivity index (χ2v) is 7.33. The molecule has 2 atom stereocenters. The van der Waals surface area contributed by atoms with E-state index in [0.717, 1.165) is 32.2 Å². The minimum Gasteiger partial charge on any atom is -0.312 e. The largest absolute Gasteiger partial charge is 0.312 e. The van der Waals surface area contributed by atoms with Crippen molar-refractivity contribution in [3.63, 3.8) is 0 Å². The molecule has 1 fully saturated rings. The van der Waals surface area contributed by atoms with E-state index in [4.69, 9.17) is 0 Å². The van der Waals surface area contributed by atoms with Crippen LogP contribution >= 0.6 is 0 Å². The molecule has 4 heteroatoms. The van der Waals surface area contributed by atoms with E-state index in [1.54, 1.807) is 0 Å². The third kappa shape index (κ3) is 4.11. The second-order valence-electron chi connectivity index (χ2n) is 5.06. The van der Waals surface area contributed by atoms with Gasteiger partial charge in [-0.2, -0.15) is 0 Å². The molecule has 0 aromatic heterocycles. The van der Waals surface area contributed by atoms with Gasteiger partial charge in [-0.25, -0.2) is 8.42 Å². The summed E-state index contributed by atoms with van der Waals surface area (Å²) >= 11 is 0. The predicted octanol–water partition coefficient (Wildman–Crippen LogP) is 1.59. The van der Waals surface area contributed by atoms with E-state index in [2.05, 4.69) is 19.2 Å². The van der Waals surface area contributed by atoms with Crippen LogP contribution in [0.25, 0.3) is 0 Å². The Bertz CT molecular complexity index is 285. The molecule has 0 amide bonds. The van der Waals surface area contributed by atoms with E-state index in [9.17, 15) is 8.42 Å². The number of sulfone groups is 1. The summed E-state index contributed by atoms with van der Waals surface area (Å²) < 4.78 is 23.2. The maximum Gasteiger partial charge on any atom is 0.151 e. The topological polar surface area (TPSA) is 46.2 Å². The highest BCUT2D eigenvalue weighted by Crippen LogP contribution is 2.24. The summed E-state index contributed by atoms with van der Waals surface area (Å²) in [5, 5.41) is 3.24. The highest BCUT2D eigenvalue weighted by molar-refractivity contribution is 7.91. The normalized spacial score (nSPS) is 28.3. The fourth-order valence-electron chi connectivity index (χ4n) is 2.23. The quantitative estimate of drug-likeness (QED) is 0.802. The Morgan fingerprint density at radius 2 is 1.87 bits per heavy atom. The second kappa shape index (κ2) is 5.30. The molecule has 3 nitrogen and oxygen atoms in total. The van der Waals surface area contributed by atoms with Crippen LogP contribution in [0, 0.1) is 5.92 Å². The molecule has 1 aliphatic carbocycles. The molecule has 2 unspecified atom stereocenters. The van der Waals surface area contributed by atoms with Crippen LogP contribution in [-0.4, -0.2) is 32.5 Å². The lowest BCUT2D eigenvalue weighted by atomic mass is 9.94. The molecule has 15 heavy (non-hydrogen) atoms. The summed E-state index contributed by atoms with van der Waals surface area (Å²) in [7, 11) is -2.89. The molecule has 0 saturated heterocycles. The molecule has 1 rings (SSSR count). The molecule has 1 N–H and O–H groups in total. The summed E-state index contributed by atoms with van der Waals surface area (Å²) in [5.41, 5.74) is 0. The smallest absolute Gasteiger partial charge is 0.151 e. The molecule has 0 aliphatic heterocycles. The van der Waals surface area contributed by atoms with E-state index in [-0.39, 0.29) is 11.3 Å². The Labute approximate surface area is 93.6 Å². The summed E-state index contributed by atoms with van der Waals surface area (Å²) in [5.74, 6) is 0.576. The van der Waals surface area contributed by atoms with Gasteiger partial charge in [-0.15, -0.1) is 0 Å². The van der Waals surface area contributed by atoms with Crippen LogP contribution in [0.15, 0.2) is 0 Å². The van der Waals surface area contributed by atoms with Crippen LogP contribution in [-0.2, 0) is 9.84 Å². The first kappa shape index (κ1) is 13.0. The number of hydrogen-bond acceptors (Lipinski definition) is 3. The highest BCUT2D eigenvalue weighted by atomic mass is 32.2. The maximum atomic E-state index is 11.6. The van der Waals surface area contributed by atoms with Crippen molar-refractivity contribution in [3.05, 3.63) is 0 Å². The molecule has 90 valence electrons. The van der Waals surface area contributed by atoms with Crippen molar-refractivity contribution in [3.8, 4) is 0 Å². The SMILES string of the molecule is CC(C)CNC1CCCCC1S(C)(=O)=O. The predicted molar refractivity (Wildman–Crippen MR) is 63.7 cm³/mol. The number of hydrogen-bond donors (Lipinski definition) is 1. The van der Waals surface area contributed by atoms with E-state index < -0.39 is 9.84 Å². The van der Waals surface area contributed by atoms with E-state index in [1.807, 2.05) is 0 Å². The standard InChI is InChI=1S/C11H23NO2S/c1-9(2)8-12-10-6-4-5-7-11(10)15(3,13)14/h9-12H,4-8H2,1-3H3. The molecule has 0 bridgehead atoms. The van der Waals surface area contributed by atoms with Crippen LogP contribution in [0.5, 0.6) is 0 Å². The molecular formula is C11H23NO2S.